The molecule has 0 atom stereocenters. The Morgan fingerprint density at radius 1 is 1.18 bits per heavy atom. The second-order valence-corrected chi connectivity index (χ2v) is 9.12. The summed E-state index contributed by atoms with van der Waals surface area (Å²) in [6.45, 7) is 4.15. The van der Waals surface area contributed by atoms with Crippen molar-refractivity contribution in [2.75, 3.05) is 24.9 Å². The minimum atomic E-state index is -2.16. The fraction of sp³-hybridized carbons (Fsp3) is 0.267. The van der Waals surface area contributed by atoms with E-state index in [-0.39, 0.29) is 0 Å². The highest BCUT2D eigenvalue weighted by atomic mass is 31.2. The molecule has 0 fully saturated rings. The van der Waals surface area contributed by atoms with Gasteiger partial charge in [0.2, 0.25) is 0 Å². The Kier molecular flexibility index (Phi) is 3.94. The number of fused-ring (bicyclic) bond motifs is 1. The highest BCUT2D eigenvalue weighted by Gasteiger charge is 2.12. The molecule has 0 bridgehead atoms. The lowest BCUT2D eigenvalue weighted by atomic mass is 10.2. The van der Waals surface area contributed by atoms with E-state index in [0.29, 0.717) is 18.6 Å². The molecule has 0 aliphatic carbocycles. The normalized spacial score (nSPS) is 11.7. The van der Waals surface area contributed by atoms with Gasteiger partial charge in [0.25, 0.3) is 0 Å². The standard InChI is InChI=1S/C15H18N5OP/c1-22(2,21)11-18-14-13-8-19-20(15(13)17-10-16-14)9-12-6-4-3-5-7-12/h3-8,10H,9,11H2,1-2H3,(H,16,17,18). The lowest BCUT2D eigenvalue weighted by Crippen LogP contribution is -2.05. The minimum absolute atomic E-state index is 0.406. The van der Waals surface area contributed by atoms with Crippen molar-refractivity contribution in [3.63, 3.8) is 0 Å². The zero-order valence-corrected chi connectivity index (χ0v) is 13.5. The number of aromatic nitrogens is 4. The summed E-state index contributed by atoms with van der Waals surface area (Å²) in [5.74, 6) is 0.674. The van der Waals surface area contributed by atoms with Crippen molar-refractivity contribution < 1.29 is 4.57 Å². The van der Waals surface area contributed by atoms with Gasteiger partial charge in [0.05, 0.1) is 31.6 Å². The summed E-state index contributed by atoms with van der Waals surface area (Å²) in [6.07, 6.45) is 3.66. The van der Waals surface area contributed by atoms with Crippen LogP contribution in [0.4, 0.5) is 5.82 Å². The van der Waals surface area contributed by atoms with E-state index in [0.717, 1.165) is 16.6 Å². The van der Waals surface area contributed by atoms with Crippen LogP contribution in [0.2, 0.25) is 0 Å². The average molecular weight is 315 g/mol. The maximum atomic E-state index is 11.8. The predicted molar refractivity (Wildman–Crippen MR) is 88.8 cm³/mol. The summed E-state index contributed by atoms with van der Waals surface area (Å²) in [5.41, 5.74) is 1.93. The van der Waals surface area contributed by atoms with Gasteiger partial charge in [0, 0.05) is 0 Å². The van der Waals surface area contributed by atoms with E-state index in [2.05, 4.69) is 32.5 Å². The zero-order valence-electron chi connectivity index (χ0n) is 12.6. The van der Waals surface area contributed by atoms with Crippen molar-refractivity contribution in [3.8, 4) is 0 Å². The number of hydrogen-bond acceptors (Lipinski definition) is 5. The fourth-order valence-electron chi connectivity index (χ4n) is 2.17. The van der Waals surface area contributed by atoms with Crippen LogP contribution in [0.1, 0.15) is 5.56 Å². The smallest absolute Gasteiger partial charge is 0.163 e. The summed E-state index contributed by atoms with van der Waals surface area (Å²) >= 11 is 0. The molecule has 0 amide bonds. The van der Waals surface area contributed by atoms with E-state index < -0.39 is 7.14 Å². The Bertz CT molecular complexity index is 824. The van der Waals surface area contributed by atoms with E-state index in [1.165, 1.54) is 6.33 Å². The predicted octanol–water partition coefficient (Wildman–Crippen LogP) is 2.87. The molecular weight excluding hydrogens is 297 g/mol. The number of rotatable bonds is 5. The van der Waals surface area contributed by atoms with Crippen LogP contribution in [0.5, 0.6) is 0 Å². The van der Waals surface area contributed by atoms with Gasteiger partial charge in [0.15, 0.2) is 5.65 Å². The molecule has 6 nitrogen and oxygen atoms in total. The fourth-order valence-corrected chi connectivity index (χ4v) is 2.70. The molecule has 0 saturated heterocycles. The molecule has 1 N–H and O–H groups in total. The first-order chi connectivity index (χ1) is 10.5. The van der Waals surface area contributed by atoms with Gasteiger partial charge in [-0.25, -0.2) is 14.6 Å². The summed E-state index contributed by atoms with van der Waals surface area (Å²) in [7, 11) is -2.16. The first-order valence-electron chi connectivity index (χ1n) is 7.01. The summed E-state index contributed by atoms with van der Waals surface area (Å²) < 4.78 is 13.7. The summed E-state index contributed by atoms with van der Waals surface area (Å²) in [4.78, 5) is 8.56. The van der Waals surface area contributed by atoms with Gasteiger partial charge in [-0.1, -0.05) is 30.3 Å². The second kappa shape index (κ2) is 5.89. The molecule has 0 unspecified atom stereocenters. The van der Waals surface area contributed by atoms with Crippen LogP contribution in [-0.2, 0) is 11.1 Å². The Balaban J connectivity index is 1.90. The maximum Gasteiger partial charge on any atom is 0.163 e. The highest BCUT2D eigenvalue weighted by molar-refractivity contribution is 7.62. The van der Waals surface area contributed by atoms with Crippen LogP contribution >= 0.6 is 7.14 Å². The van der Waals surface area contributed by atoms with Crippen molar-refractivity contribution >= 4 is 24.0 Å². The Labute approximate surface area is 129 Å². The molecular formula is C15H18N5OP. The number of nitrogens with zero attached hydrogens (tertiary/aromatic N) is 4. The average Bonchev–Trinajstić information content (AvgIpc) is 2.89. The maximum absolute atomic E-state index is 11.8. The van der Waals surface area contributed by atoms with Gasteiger partial charge >= 0.3 is 0 Å². The molecule has 0 spiro atoms. The lowest BCUT2D eigenvalue weighted by molar-refractivity contribution is 0.583. The van der Waals surface area contributed by atoms with E-state index in [1.807, 2.05) is 22.9 Å². The number of nitrogens with one attached hydrogen (secondary N) is 1. The molecule has 0 saturated carbocycles. The van der Waals surface area contributed by atoms with Gasteiger partial charge in [-0.05, 0) is 18.9 Å². The quantitative estimate of drug-likeness (QED) is 0.733. The third-order valence-electron chi connectivity index (χ3n) is 3.24. The number of hydrogen-bond donors (Lipinski definition) is 1. The van der Waals surface area contributed by atoms with Crippen molar-refractivity contribution in [2.24, 2.45) is 0 Å². The largest absolute Gasteiger partial charge is 0.362 e. The molecule has 1 aromatic carbocycles. The first-order valence-corrected chi connectivity index (χ1v) is 9.80. The molecule has 3 rings (SSSR count). The molecule has 2 heterocycles. The van der Waals surface area contributed by atoms with E-state index >= 15 is 0 Å². The molecule has 114 valence electrons. The Morgan fingerprint density at radius 2 is 1.95 bits per heavy atom. The van der Waals surface area contributed by atoms with Gasteiger partial charge in [0.1, 0.15) is 12.1 Å². The minimum Gasteiger partial charge on any atom is -0.362 e. The molecule has 7 heteroatoms. The number of anilines is 1. The summed E-state index contributed by atoms with van der Waals surface area (Å²) in [6, 6.07) is 10.1. The van der Waals surface area contributed by atoms with Crippen LogP contribution in [0, 0.1) is 0 Å². The van der Waals surface area contributed by atoms with E-state index in [1.54, 1.807) is 19.5 Å². The van der Waals surface area contributed by atoms with Crippen LogP contribution in [0.3, 0.4) is 0 Å². The molecule has 0 radical (unpaired) electrons. The van der Waals surface area contributed by atoms with Crippen molar-refractivity contribution in [2.45, 2.75) is 6.54 Å². The molecule has 0 aliphatic rings. The number of benzene rings is 1. The van der Waals surface area contributed by atoms with Crippen LogP contribution in [-0.4, -0.2) is 39.4 Å². The first kappa shape index (κ1) is 14.7. The van der Waals surface area contributed by atoms with Crippen LogP contribution in [0.25, 0.3) is 11.0 Å². The van der Waals surface area contributed by atoms with Crippen molar-refractivity contribution in [3.05, 3.63) is 48.4 Å². The van der Waals surface area contributed by atoms with Gasteiger partial charge in [-0.2, -0.15) is 5.10 Å². The molecule has 2 aromatic heterocycles. The molecule has 22 heavy (non-hydrogen) atoms. The lowest BCUT2D eigenvalue weighted by Gasteiger charge is -2.09. The third kappa shape index (κ3) is 3.34. The van der Waals surface area contributed by atoms with Crippen molar-refractivity contribution in [1.82, 2.24) is 19.7 Å². The third-order valence-corrected chi connectivity index (χ3v) is 4.16. The van der Waals surface area contributed by atoms with E-state index in [4.69, 9.17) is 0 Å². The zero-order chi connectivity index (χ0) is 15.6. The Morgan fingerprint density at radius 3 is 2.68 bits per heavy atom. The summed E-state index contributed by atoms with van der Waals surface area (Å²) in [5, 5.41) is 8.38. The van der Waals surface area contributed by atoms with Crippen LogP contribution < -0.4 is 5.32 Å². The van der Waals surface area contributed by atoms with Gasteiger partial charge < -0.3 is 9.88 Å². The van der Waals surface area contributed by atoms with Crippen molar-refractivity contribution in [1.29, 1.82) is 0 Å². The van der Waals surface area contributed by atoms with Crippen LogP contribution in [0.15, 0.2) is 42.9 Å². The molecule has 3 aromatic rings. The topological polar surface area (TPSA) is 72.7 Å². The SMILES string of the molecule is CP(C)(=O)CNc1ncnc2c1cnn2Cc1ccccc1. The Hall–Kier alpha value is -2.20. The van der Waals surface area contributed by atoms with Gasteiger partial charge in [-0.3, -0.25) is 0 Å². The van der Waals surface area contributed by atoms with E-state index in [9.17, 15) is 4.57 Å². The highest BCUT2D eigenvalue weighted by Crippen LogP contribution is 2.35. The monoisotopic (exact) mass is 315 g/mol. The molecule has 0 aliphatic heterocycles. The second-order valence-electron chi connectivity index (χ2n) is 5.66. The van der Waals surface area contributed by atoms with Gasteiger partial charge in [-0.15, -0.1) is 0 Å².